The van der Waals surface area contributed by atoms with Crippen LogP contribution < -0.4 is 5.32 Å². The highest BCUT2D eigenvalue weighted by molar-refractivity contribution is 7.09. The zero-order valence-corrected chi connectivity index (χ0v) is 9.44. The van der Waals surface area contributed by atoms with Gasteiger partial charge in [-0.05, 0) is 25.1 Å². The van der Waals surface area contributed by atoms with E-state index in [9.17, 15) is 8.78 Å². The Hall–Kier alpha value is -1.49. The number of nitrogens with zero attached hydrogens (tertiary/aromatic N) is 1. The van der Waals surface area contributed by atoms with Crippen molar-refractivity contribution in [2.45, 2.75) is 13.5 Å². The molecule has 0 atom stereocenters. The zero-order chi connectivity index (χ0) is 11.5. The first kappa shape index (κ1) is 11.0. The van der Waals surface area contributed by atoms with Crippen molar-refractivity contribution in [3.63, 3.8) is 0 Å². The van der Waals surface area contributed by atoms with E-state index in [-0.39, 0.29) is 5.69 Å². The summed E-state index contributed by atoms with van der Waals surface area (Å²) < 4.78 is 26.1. The average molecular weight is 240 g/mol. The van der Waals surface area contributed by atoms with E-state index in [1.165, 1.54) is 11.3 Å². The second-order valence-electron chi connectivity index (χ2n) is 3.34. The molecule has 0 saturated carbocycles. The quantitative estimate of drug-likeness (QED) is 0.890. The number of hydrogen-bond donors (Lipinski definition) is 1. The van der Waals surface area contributed by atoms with Gasteiger partial charge in [0.2, 0.25) is 0 Å². The Bertz CT molecular complexity index is 496. The molecule has 0 radical (unpaired) electrons. The second-order valence-corrected chi connectivity index (χ2v) is 4.28. The molecule has 1 heterocycles. The number of benzene rings is 1. The fourth-order valence-corrected chi connectivity index (χ4v) is 2.02. The summed E-state index contributed by atoms with van der Waals surface area (Å²) >= 11 is 1.49. The van der Waals surface area contributed by atoms with E-state index in [4.69, 9.17) is 0 Å². The van der Waals surface area contributed by atoms with Crippen LogP contribution in [0.1, 0.15) is 10.6 Å². The van der Waals surface area contributed by atoms with Gasteiger partial charge in [-0.15, -0.1) is 11.3 Å². The molecule has 2 rings (SSSR count). The maximum absolute atomic E-state index is 13.3. The fraction of sp³-hybridized carbons (Fsp3) is 0.182. The third kappa shape index (κ3) is 2.36. The fourth-order valence-electron chi connectivity index (χ4n) is 1.30. The molecule has 1 N–H and O–H groups in total. The highest BCUT2D eigenvalue weighted by Crippen LogP contribution is 2.18. The molecule has 2 aromatic rings. The maximum atomic E-state index is 13.3. The molecule has 16 heavy (non-hydrogen) atoms. The van der Waals surface area contributed by atoms with Crippen molar-refractivity contribution in [3.05, 3.63) is 45.9 Å². The molecular weight excluding hydrogens is 230 g/mol. The normalized spacial score (nSPS) is 10.4. The first-order valence-electron chi connectivity index (χ1n) is 4.74. The van der Waals surface area contributed by atoms with Crippen molar-refractivity contribution >= 4 is 17.0 Å². The van der Waals surface area contributed by atoms with Crippen LogP contribution in [0.15, 0.2) is 23.7 Å². The van der Waals surface area contributed by atoms with E-state index in [0.717, 1.165) is 28.8 Å². The van der Waals surface area contributed by atoms with Gasteiger partial charge in [0, 0.05) is 4.88 Å². The summed E-state index contributed by atoms with van der Waals surface area (Å²) in [5, 5.41) is 2.85. The molecular formula is C11H10F2N2S. The summed E-state index contributed by atoms with van der Waals surface area (Å²) in [6.45, 7) is 2.34. The number of rotatable bonds is 3. The van der Waals surface area contributed by atoms with E-state index in [1.807, 2.05) is 6.92 Å². The molecule has 0 spiro atoms. The Labute approximate surface area is 96.0 Å². The Kier molecular flexibility index (Phi) is 3.14. The van der Waals surface area contributed by atoms with Crippen LogP contribution in [0, 0.1) is 18.6 Å². The predicted molar refractivity (Wildman–Crippen MR) is 60.5 cm³/mol. The molecule has 0 unspecified atom stereocenters. The second kappa shape index (κ2) is 4.57. The highest BCUT2D eigenvalue weighted by atomic mass is 32.1. The predicted octanol–water partition coefficient (Wildman–Crippen LogP) is 3.34. The van der Waals surface area contributed by atoms with Crippen molar-refractivity contribution in [3.8, 4) is 0 Å². The van der Waals surface area contributed by atoms with Gasteiger partial charge in [-0.2, -0.15) is 0 Å². The lowest BCUT2D eigenvalue weighted by Crippen LogP contribution is -2.01. The largest absolute Gasteiger partial charge is 0.378 e. The average Bonchev–Trinajstić information content (AvgIpc) is 2.66. The van der Waals surface area contributed by atoms with Gasteiger partial charge in [-0.1, -0.05) is 0 Å². The van der Waals surface area contributed by atoms with Crippen LogP contribution in [0.3, 0.4) is 0 Å². The van der Waals surface area contributed by atoms with Crippen LogP contribution >= 0.6 is 11.3 Å². The number of nitrogens with one attached hydrogen (secondary N) is 1. The Morgan fingerprint density at radius 2 is 2.19 bits per heavy atom. The molecule has 2 nitrogen and oxygen atoms in total. The molecule has 1 aromatic heterocycles. The summed E-state index contributed by atoms with van der Waals surface area (Å²) in [4.78, 5) is 5.10. The van der Waals surface area contributed by atoms with Crippen LogP contribution in [0.2, 0.25) is 0 Å². The van der Waals surface area contributed by atoms with Crippen LogP contribution in [-0.2, 0) is 6.54 Å². The van der Waals surface area contributed by atoms with Crippen LogP contribution in [-0.4, -0.2) is 4.98 Å². The molecule has 0 fully saturated rings. The van der Waals surface area contributed by atoms with Gasteiger partial charge in [0.1, 0.15) is 11.6 Å². The van der Waals surface area contributed by atoms with E-state index < -0.39 is 11.6 Å². The van der Waals surface area contributed by atoms with E-state index >= 15 is 0 Å². The third-order valence-electron chi connectivity index (χ3n) is 2.21. The van der Waals surface area contributed by atoms with Gasteiger partial charge >= 0.3 is 0 Å². The van der Waals surface area contributed by atoms with Crippen molar-refractivity contribution in [1.82, 2.24) is 4.98 Å². The molecule has 0 bridgehead atoms. The van der Waals surface area contributed by atoms with Gasteiger partial charge in [-0.3, -0.25) is 0 Å². The summed E-state index contributed by atoms with van der Waals surface area (Å²) in [6, 6.07) is 3.35. The van der Waals surface area contributed by atoms with Crippen molar-refractivity contribution < 1.29 is 8.78 Å². The molecule has 0 saturated heterocycles. The van der Waals surface area contributed by atoms with Crippen molar-refractivity contribution in [2.24, 2.45) is 0 Å². The molecule has 5 heteroatoms. The van der Waals surface area contributed by atoms with Crippen LogP contribution in [0.25, 0.3) is 0 Å². The van der Waals surface area contributed by atoms with Gasteiger partial charge in [0.15, 0.2) is 0 Å². The van der Waals surface area contributed by atoms with E-state index in [2.05, 4.69) is 10.3 Å². The lowest BCUT2D eigenvalue weighted by molar-refractivity contribution is 0.602. The van der Waals surface area contributed by atoms with Crippen molar-refractivity contribution in [2.75, 3.05) is 5.32 Å². The summed E-state index contributed by atoms with van der Waals surface area (Å²) in [5.74, 6) is -0.909. The van der Waals surface area contributed by atoms with Gasteiger partial charge in [0.05, 0.1) is 23.4 Å². The molecule has 0 aliphatic heterocycles. The third-order valence-corrected chi connectivity index (χ3v) is 3.15. The smallest absolute Gasteiger partial charge is 0.146 e. The minimum Gasteiger partial charge on any atom is -0.378 e. The molecule has 84 valence electrons. The maximum Gasteiger partial charge on any atom is 0.146 e. The number of aryl methyl sites for hydroxylation is 1. The first-order valence-corrected chi connectivity index (χ1v) is 5.62. The topological polar surface area (TPSA) is 24.9 Å². The highest BCUT2D eigenvalue weighted by Gasteiger charge is 2.05. The Morgan fingerprint density at radius 1 is 1.38 bits per heavy atom. The molecule has 1 aromatic carbocycles. The Balaban J connectivity index is 2.10. The first-order chi connectivity index (χ1) is 7.66. The number of anilines is 1. The van der Waals surface area contributed by atoms with Gasteiger partial charge < -0.3 is 5.32 Å². The number of aromatic nitrogens is 1. The lowest BCUT2D eigenvalue weighted by atomic mass is 10.3. The van der Waals surface area contributed by atoms with E-state index in [0.29, 0.717) is 6.54 Å². The van der Waals surface area contributed by atoms with E-state index in [1.54, 1.807) is 5.51 Å². The number of halogens is 2. The summed E-state index contributed by atoms with van der Waals surface area (Å²) in [6.07, 6.45) is 0. The van der Waals surface area contributed by atoms with Crippen LogP contribution in [0.5, 0.6) is 0 Å². The number of thiazole rings is 1. The molecule has 0 amide bonds. The van der Waals surface area contributed by atoms with Crippen LogP contribution in [0.4, 0.5) is 14.5 Å². The van der Waals surface area contributed by atoms with Crippen molar-refractivity contribution in [1.29, 1.82) is 0 Å². The monoisotopic (exact) mass is 240 g/mol. The summed E-state index contributed by atoms with van der Waals surface area (Å²) in [5.41, 5.74) is 2.82. The minimum atomic E-state index is -0.455. The SMILES string of the molecule is Cc1ncsc1CNc1cc(F)ccc1F. The molecule has 0 aliphatic carbocycles. The minimum absolute atomic E-state index is 0.174. The summed E-state index contributed by atoms with van der Waals surface area (Å²) in [7, 11) is 0. The standard InChI is InChI=1S/C11H10F2N2S/c1-7-11(16-6-15-7)5-14-10-4-8(12)2-3-9(10)13/h2-4,6,14H,5H2,1H3. The number of hydrogen-bond acceptors (Lipinski definition) is 3. The Morgan fingerprint density at radius 3 is 2.88 bits per heavy atom. The zero-order valence-electron chi connectivity index (χ0n) is 8.63. The van der Waals surface area contributed by atoms with Gasteiger partial charge in [0.25, 0.3) is 0 Å². The lowest BCUT2D eigenvalue weighted by Gasteiger charge is -2.06. The van der Waals surface area contributed by atoms with Gasteiger partial charge in [-0.25, -0.2) is 13.8 Å². The molecule has 0 aliphatic rings.